The molecule has 0 radical (unpaired) electrons. The van der Waals surface area contributed by atoms with E-state index in [1.807, 2.05) is 0 Å². The largest absolute Gasteiger partial charge is 0.0725 e. The van der Waals surface area contributed by atoms with Crippen LogP contribution in [0.25, 0.3) is 77.9 Å². The van der Waals surface area contributed by atoms with Gasteiger partial charge in [-0.05, 0) is 210 Å². The van der Waals surface area contributed by atoms with Gasteiger partial charge in [0.05, 0.1) is 10.8 Å². The first-order valence-corrected chi connectivity index (χ1v) is 41.9. The molecule has 1 saturated carbocycles. The Bertz CT molecular complexity index is 6030. The number of rotatable bonds is 2. The molecule has 9 aliphatic carbocycles. The molecule has 17 aromatic carbocycles. The predicted molar refractivity (Wildman–Crippen MR) is 483 cm³/mol. The molecule has 26 rings (SSSR count). The number of hydrogen-bond acceptors (Lipinski definition) is 0. The molecule has 17 aromatic rings. The van der Waals surface area contributed by atoms with Crippen LogP contribution in [0.3, 0.4) is 0 Å². The summed E-state index contributed by atoms with van der Waals surface area (Å²) in [6, 6.07) is 155. The molecule has 0 aromatic heterocycles. The summed E-state index contributed by atoms with van der Waals surface area (Å²) >= 11 is 0. The summed E-state index contributed by atoms with van der Waals surface area (Å²) in [4.78, 5) is 0. The Morgan fingerprint density at radius 2 is 0.397 bits per heavy atom. The first-order valence-electron chi connectivity index (χ1n) is 41.9. The predicted octanol–water partition coefficient (Wildman–Crippen LogP) is 28.8. The molecule has 1 fully saturated rings. The van der Waals surface area contributed by atoms with E-state index in [-0.39, 0.29) is 21.7 Å². The Morgan fingerprint density at radius 1 is 0.172 bits per heavy atom. The molecule has 0 saturated heterocycles. The second-order valence-electron chi connectivity index (χ2n) is 33.2. The van der Waals surface area contributed by atoms with Crippen LogP contribution in [-0.4, -0.2) is 0 Å². The molecule has 0 unspecified atom stereocenters. The Hall–Kier alpha value is -13.3. The van der Waals surface area contributed by atoms with E-state index >= 15 is 0 Å². The van der Waals surface area contributed by atoms with Crippen molar-refractivity contribution in [2.75, 3.05) is 0 Å². The third-order valence-corrected chi connectivity index (χ3v) is 27.4. The van der Waals surface area contributed by atoms with Crippen molar-refractivity contribution in [3.8, 4) is 77.9 Å². The van der Waals surface area contributed by atoms with Crippen LogP contribution in [0.1, 0.15) is 146 Å². The highest BCUT2D eigenvalue weighted by atomic mass is 14.5. The highest BCUT2D eigenvalue weighted by Gasteiger charge is 2.53. The first-order chi connectivity index (χ1) is 57.3. The van der Waals surface area contributed by atoms with Crippen LogP contribution in [0, 0.1) is 0 Å². The van der Waals surface area contributed by atoms with E-state index in [1.54, 1.807) is 11.1 Å². The summed E-state index contributed by atoms with van der Waals surface area (Å²) in [5, 5.41) is 0. The van der Waals surface area contributed by atoms with Crippen LogP contribution >= 0.6 is 0 Å². The maximum absolute atomic E-state index is 2.35. The summed E-state index contributed by atoms with van der Waals surface area (Å²) in [5.41, 5.74) is 45.8. The molecular formula is C116H90. The molecule has 0 heterocycles. The van der Waals surface area contributed by atoms with Crippen molar-refractivity contribution in [3.05, 3.63) is 525 Å². The zero-order chi connectivity index (χ0) is 77.4. The van der Waals surface area contributed by atoms with E-state index in [0.717, 1.165) is 6.42 Å². The van der Waals surface area contributed by atoms with Crippen LogP contribution < -0.4 is 0 Å². The molecule has 3 spiro atoms. The molecule has 0 atom stereocenters. The van der Waals surface area contributed by atoms with Gasteiger partial charge in [-0.25, -0.2) is 0 Å². The SMILES string of the molecule is CC1(C)c2ccccc2-c2ccccc21.c1ccc(C2(c3ccccc3)c3ccccc3-c3ccccc32)cc1.c1ccc2c(c1)-c1ccccc1C21CCCC1.c1ccc2c(c1)-c1ccccc1C21c2ccccc2-c2ccccc21.c1ccc2c(c1)CCC21c2ccccc2-c2ccccc21.c1ccc2c(c1)Cc1ccccc1-2. The van der Waals surface area contributed by atoms with E-state index < -0.39 is 0 Å². The molecule has 0 heteroatoms. The minimum absolute atomic E-state index is 0.0871. The standard InChI is InChI=1S/C25H16.C25H18.C21H16.C17H16.C15H14.C13H10/c1-5-13-21-17(9-1)18-10-2-6-14-22(18)25(21)23-15-7-3-11-19(23)20-12-4-8-16-24(20)25;1-3-11-19(12-4-1)25(20-13-5-2-6-14-20)23-17-9-7-15-21(23)22-16-8-10-18-24(22)25;1-4-10-18-15(7-1)13-14-21(18)19-11-5-2-8-16(19)17-9-3-6-12-20(17)21;1-3-9-15-13(7-1)14-8-2-4-10-16(14)17(15)11-5-6-12-17;1-15(2)13-9-5-3-7-11(13)12-8-4-6-10-14(12)15;1-3-7-12-10(5-1)9-11-6-2-4-8-13(11)12/h1-16H;1-18H;1-12H,13-14H2;1-4,7-10H,5-6,11-12H2;3-10H,1-2H3;1-8H,9H2. The first kappa shape index (κ1) is 70.6. The van der Waals surface area contributed by atoms with Gasteiger partial charge in [-0.3, -0.25) is 0 Å². The fraction of sp³-hybridized carbons (Fsp3) is 0.121. The average Bonchev–Trinajstić information content (AvgIpc) is 1.51. The fourth-order valence-corrected chi connectivity index (χ4v) is 22.6. The molecule has 0 amide bonds. The normalized spacial score (nSPS) is 15.4. The number of aryl methyl sites for hydroxylation is 1. The van der Waals surface area contributed by atoms with Crippen LogP contribution in [0.15, 0.2) is 425 Å². The quantitative estimate of drug-likeness (QED) is 0.162. The highest BCUT2D eigenvalue weighted by molar-refractivity contribution is 5.95. The molecule has 116 heavy (non-hydrogen) atoms. The third kappa shape index (κ3) is 10.8. The van der Waals surface area contributed by atoms with Crippen LogP contribution in [0.2, 0.25) is 0 Å². The topological polar surface area (TPSA) is 0 Å². The van der Waals surface area contributed by atoms with Gasteiger partial charge in [0.1, 0.15) is 0 Å². The fourth-order valence-electron chi connectivity index (χ4n) is 22.6. The minimum Gasteiger partial charge on any atom is -0.0622 e. The summed E-state index contributed by atoms with van der Waals surface area (Å²) in [7, 11) is 0. The number of hydrogen-bond donors (Lipinski definition) is 0. The second kappa shape index (κ2) is 28.7. The van der Waals surface area contributed by atoms with E-state index in [9.17, 15) is 0 Å². The zero-order valence-corrected chi connectivity index (χ0v) is 65.9. The smallest absolute Gasteiger partial charge is 0.0622 e. The van der Waals surface area contributed by atoms with E-state index in [2.05, 4.69) is 438 Å². The molecular weight excluding hydrogens is 1390 g/mol. The summed E-state index contributed by atoms with van der Waals surface area (Å²) < 4.78 is 0. The van der Waals surface area contributed by atoms with Gasteiger partial charge in [-0.2, -0.15) is 0 Å². The lowest BCUT2D eigenvalue weighted by atomic mass is 9.68. The molecule has 0 bridgehead atoms. The summed E-state index contributed by atoms with van der Waals surface area (Å²) in [6.07, 6.45) is 8.90. The van der Waals surface area contributed by atoms with Crippen molar-refractivity contribution in [3.63, 3.8) is 0 Å². The second-order valence-corrected chi connectivity index (χ2v) is 33.2. The van der Waals surface area contributed by atoms with Gasteiger partial charge in [0, 0.05) is 16.2 Å². The lowest BCUT2D eigenvalue weighted by Crippen LogP contribution is -2.28. The Kier molecular flexibility index (Phi) is 17.5. The van der Waals surface area contributed by atoms with Gasteiger partial charge in [-0.15, -0.1) is 0 Å². The van der Waals surface area contributed by atoms with Crippen molar-refractivity contribution in [2.45, 2.75) is 85.9 Å². The average molecular weight is 1480 g/mol. The van der Waals surface area contributed by atoms with E-state index in [0.29, 0.717) is 5.41 Å². The minimum atomic E-state index is -0.254. The summed E-state index contributed by atoms with van der Waals surface area (Å²) in [6.45, 7) is 4.61. The molecule has 554 valence electrons. The molecule has 0 nitrogen and oxygen atoms in total. The molecule has 0 aliphatic heterocycles. The Morgan fingerprint density at radius 3 is 0.733 bits per heavy atom. The van der Waals surface area contributed by atoms with E-state index in [4.69, 9.17) is 0 Å². The molecule has 9 aliphatic rings. The van der Waals surface area contributed by atoms with Gasteiger partial charge >= 0.3 is 0 Å². The highest BCUT2D eigenvalue weighted by Crippen LogP contribution is 2.64. The van der Waals surface area contributed by atoms with Crippen LogP contribution in [-0.2, 0) is 39.9 Å². The summed E-state index contributed by atoms with van der Waals surface area (Å²) in [5.74, 6) is 0. The van der Waals surface area contributed by atoms with Crippen molar-refractivity contribution < 1.29 is 0 Å². The van der Waals surface area contributed by atoms with Gasteiger partial charge in [0.2, 0.25) is 0 Å². The van der Waals surface area contributed by atoms with Crippen molar-refractivity contribution in [2.24, 2.45) is 0 Å². The maximum atomic E-state index is 2.35. The Labute approximate surface area is 683 Å². The van der Waals surface area contributed by atoms with Crippen LogP contribution in [0.5, 0.6) is 0 Å². The van der Waals surface area contributed by atoms with Crippen LogP contribution in [0.4, 0.5) is 0 Å². The Balaban J connectivity index is 0.0000000882. The number of benzene rings is 17. The third-order valence-electron chi connectivity index (χ3n) is 27.4. The lowest BCUT2D eigenvalue weighted by Gasteiger charge is -2.33. The lowest BCUT2D eigenvalue weighted by molar-refractivity contribution is 0.550. The van der Waals surface area contributed by atoms with Gasteiger partial charge in [0.25, 0.3) is 0 Å². The van der Waals surface area contributed by atoms with Crippen molar-refractivity contribution in [1.29, 1.82) is 0 Å². The van der Waals surface area contributed by atoms with Gasteiger partial charge in [0.15, 0.2) is 0 Å². The van der Waals surface area contributed by atoms with Gasteiger partial charge in [-0.1, -0.05) is 451 Å². The van der Waals surface area contributed by atoms with Gasteiger partial charge < -0.3 is 0 Å². The van der Waals surface area contributed by atoms with E-state index in [1.165, 1.54) is 205 Å². The monoisotopic (exact) mass is 1480 g/mol. The zero-order valence-electron chi connectivity index (χ0n) is 65.9. The van der Waals surface area contributed by atoms with Crippen molar-refractivity contribution >= 4 is 0 Å². The molecule has 0 N–H and O–H groups in total. The maximum Gasteiger partial charge on any atom is 0.0725 e. The number of fused-ring (bicyclic) bond motifs is 31. The van der Waals surface area contributed by atoms with Crippen molar-refractivity contribution in [1.82, 2.24) is 0 Å².